The number of rotatable bonds is 10. The summed E-state index contributed by atoms with van der Waals surface area (Å²) in [6, 6.07) is 7.69. The molecule has 0 radical (unpaired) electrons. The molecule has 0 aliphatic heterocycles. The summed E-state index contributed by atoms with van der Waals surface area (Å²) in [5, 5.41) is 14.7. The number of carboxylic acid groups (broad SMARTS) is 1. The third kappa shape index (κ3) is 7.70. The average molecular weight is 379 g/mol. The Morgan fingerprint density at radius 3 is 2.88 bits per heavy atom. The molecule has 0 spiro atoms. The lowest BCUT2D eigenvalue weighted by Crippen LogP contribution is -2.11. The van der Waals surface area contributed by atoms with Gasteiger partial charge in [-0.1, -0.05) is 12.1 Å². The Morgan fingerprint density at radius 2 is 2.16 bits per heavy atom. The fourth-order valence-electron chi connectivity index (χ4n) is 2.26. The molecular formula is C18H22N2O3S2. The number of nitrogens with one attached hydrogen (secondary N) is 1. The number of carbonyl (C=O) groups excluding carboxylic acids is 1. The molecule has 134 valence electrons. The van der Waals surface area contributed by atoms with E-state index in [0.717, 1.165) is 40.5 Å². The highest BCUT2D eigenvalue weighted by Crippen LogP contribution is 2.18. The Morgan fingerprint density at radius 1 is 1.32 bits per heavy atom. The molecular weight excluding hydrogens is 356 g/mol. The molecule has 2 rings (SSSR count). The van der Waals surface area contributed by atoms with Crippen LogP contribution in [0.25, 0.3) is 0 Å². The van der Waals surface area contributed by atoms with Gasteiger partial charge in [0.25, 0.3) is 0 Å². The van der Waals surface area contributed by atoms with E-state index >= 15 is 0 Å². The molecule has 0 saturated carbocycles. The fourth-order valence-corrected chi connectivity index (χ4v) is 3.79. The number of thiazole rings is 1. The van der Waals surface area contributed by atoms with Gasteiger partial charge in [-0.25, -0.2) is 4.98 Å². The first-order chi connectivity index (χ1) is 12.0. The summed E-state index contributed by atoms with van der Waals surface area (Å²) in [7, 11) is 0. The van der Waals surface area contributed by atoms with Crippen LogP contribution in [0.3, 0.4) is 0 Å². The van der Waals surface area contributed by atoms with Gasteiger partial charge in [0.05, 0.1) is 17.1 Å². The highest BCUT2D eigenvalue weighted by molar-refractivity contribution is 7.98. The predicted octanol–water partition coefficient (Wildman–Crippen LogP) is 4.12. The molecule has 0 aliphatic rings. The molecule has 0 aliphatic carbocycles. The van der Waals surface area contributed by atoms with Crippen molar-refractivity contribution in [2.45, 2.75) is 38.4 Å². The minimum atomic E-state index is -0.777. The monoisotopic (exact) mass is 378 g/mol. The number of aryl methyl sites for hydroxylation is 2. The maximum Gasteiger partial charge on any atom is 0.304 e. The minimum Gasteiger partial charge on any atom is -0.481 e. The molecule has 0 bridgehead atoms. The second-order valence-electron chi connectivity index (χ2n) is 5.66. The SMILES string of the molecule is Cc1nc(CCCC(=O)Nc2cccc(CSCCC(=O)O)c2)cs1. The van der Waals surface area contributed by atoms with Crippen molar-refractivity contribution in [2.75, 3.05) is 11.1 Å². The third-order valence-electron chi connectivity index (χ3n) is 3.44. The van der Waals surface area contributed by atoms with Gasteiger partial charge >= 0.3 is 5.97 Å². The van der Waals surface area contributed by atoms with Crippen molar-refractivity contribution in [2.24, 2.45) is 0 Å². The van der Waals surface area contributed by atoms with Crippen LogP contribution < -0.4 is 5.32 Å². The highest BCUT2D eigenvalue weighted by atomic mass is 32.2. The van der Waals surface area contributed by atoms with E-state index in [-0.39, 0.29) is 12.3 Å². The number of aliphatic carboxylic acids is 1. The zero-order chi connectivity index (χ0) is 18.1. The quantitative estimate of drug-likeness (QED) is 0.608. The summed E-state index contributed by atoms with van der Waals surface area (Å²) < 4.78 is 0. The number of hydrogen-bond donors (Lipinski definition) is 2. The average Bonchev–Trinajstić information content (AvgIpc) is 2.97. The van der Waals surface area contributed by atoms with Crippen LogP contribution in [0.4, 0.5) is 5.69 Å². The van der Waals surface area contributed by atoms with Gasteiger partial charge in [0.2, 0.25) is 5.91 Å². The molecule has 1 amide bonds. The van der Waals surface area contributed by atoms with Crippen LogP contribution in [-0.4, -0.2) is 27.7 Å². The summed E-state index contributed by atoms with van der Waals surface area (Å²) in [4.78, 5) is 27.0. The third-order valence-corrected chi connectivity index (χ3v) is 5.30. The molecule has 0 fully saturated rings. The lowest BCUT2D eigenvalue weighted by molar-refractivity contribution is -0.136. The van der Waals surface area contributed by atoms with E-state index in [1.165, 1.54) is 0 Å². The summed E-state index contributed by atoms with van der Waals surface area (Å²) in [5.41, 5.74) is 2.91. The van der Waals surface area contributed by atoms with E-state index in [2.05, 4.69) is 10.3 Å². The second-order valence-corrected chi connectivity index (χ2v) is 7.82. The van der Waals surface area contributed by atoms with Crippen molar-refractivity contribution in [3.63, 3.8) is 0 Å². The molecule has 1 heterocycles. The highest BCUT2D eigenvalue weighted by Gasteiger charge is 2.05. The van der Waals surface area contributed by atoms with E-state index in [9.17, 15) is 9.59 Å². The molecule has 0 unspecified atom stereocenters. The Balaban J connectivity index is 1.72. The van der Waals surface area contributed by atoms with Crippen LogP contribution in [0.15, 0.2) is 29.6 Å². The van der Waals surface area contributed by atoms with Gasteiger partial charge < -0.3 is 10.4 Å². The van der Waals surface area contributed by atoms with Gasteiger partial charge in [0.15, 0.2) is 0 Å². The predicted molar refractivity (Wildman–Crippen MR) is 103 cm³/mol. The van der Waals surface area contributed by atoms with Crippen LogP contribution in [0, 0.1) is 6.92 Å². The van der Waals surface area contributed by atoms with Gasteiger partial charge in [0.1, 0.15) is 0 Å². The fraction of sp³-hybridized carbons (Fsp3) is 0.389. The van der Waals surface area contributed by atoms with E-state index in [1.54, 1.807) is 23.1 Å². The first-order valence-corrected chi connectivity index (χ1v) is 10.2. The standard InChI is InChI=1S/C18H22N2O3S2/c1-13-19-16(12-25-13)6-3-7-17(21)20-15-5-2-4-14(10-15)11-24-9-8-18(22)23/h2,4-5,10,12H,3,6-9,11H2,1H3,(H,20,21)(H,22,23). The molecule has 0 atom stereocenters. The number of aromatic nitrogens is 1. The molecule has 0 saturated heterocycles. The maximum atomic E-state index is 12.1. The van der Waals surface area contributed by atoms with Gasteiger partial charge in [-0.05, 0) is 37.5 Å². The maximum absolute atomic E-state index is 12.1. The number of nitrogens with zero attached hydrogens (tertiary/aromatic N) is 1. The molecule has 1 aromatic heterocycles. The van der Waals surface area contributed by atoms with Gasteiger partial charge in [-0.3, -0.25) is 9.59 Å². The number of benzene rings is 1. The minimum absolute atomic E-state index is 0.00244. The van der Waals surface area contributed by atoms with Gasteiger partial charge in [-0.2, -0.15) is 11.8 Å². The molecule has 2 N–H and O–H groups in total. The topological polar surface area (TPSA) is 79.3 Å². The first-order valence-electron chi connectivity index (χ1n) is 8.12. The summed E-state index contributed by atoms with van der Waals surface area (Å²) >= 11 is 3.21. The van der Waals surface area contributed by atoms with E-state index in [1.807, 2.05) is 36.6 Å². The summed E-state index contributed by atoms with van der Waals surface area (Å²) in [6.07, 6.45) is 2.23. The van der Waals surface area contributed by atoms with Gasteiger partial charge in [-0.15, -0.1) is 11.3 Å². The van der Waals surface area contributed by atoms with Crippen molar-refractivity contribution in [1.29, 1.82) is 0 Å². The summed E-state index contributed by atoms with van der Waals surface area (Å²) in [6.45, 7) is 1.98. The largest absolute Gasteiger partial charge is 0.481 e. The number of thioether (sulfide) groups is 1. The molecule has 2 aromatic rings. The normalized spacial score (nSPS) is 10.6. The lowest BCUT2D eigenvalue weighted by Gasteiger charge is -2.07. The van der Waals surface area contributed by atoms with E-state index in [4.69, 9.17) is 5.11 Å². The number of anilines is 1. The zero-order valence-corrected chi connectivity index (χ0v) is 15.8. The van der Waals surface area contributed by atoms with Crippen molar-refractivity contribution in [1.82, 2.24) is 4.98 Å². The van der Waals surface area contributed by atoms with E-state index in [0.29, 0.717) is 12.2 Å². The smallest absolute Gasteiger partial charge is 0.304 e. The molecule has 7 heteroatoms. The molecule has 1 aromatic carbocycles. The lowest BCUT2D eigenvalue weighted by atomic mass is 10.2. The van der Waals surface area contributed by atoms with Crippen LogP contribution >= 0.6 is 23.1 Å². The Kier molecular flexibility index (Phi) is 7.94. The van der Waals surface area contributed by atoms with Crippen molar-refractivity contribution in [3.8, 4) is 0 Å². The number of hydrogen-bond acceptors (Lipinski definition) is 5. The number of carboxylic acids is 1. The Hall–Kier alpha value is -1.86. The zero-order valence-electron chi connectivity index (χ0n) is 14.2. The van der Waals surface area contributed by atoms with E-state index < -0.39 is 5.97 Å². The first kappa shape index (κ1) is 19.5. The van der Waals surface area contributed by atoms with Crippen molar-refractivity contribution in [3.05, 3.63) is 45.9 Å². The Bertz CT molecular complexity index is 716. The second kappa shape index (κ2) is 10.2. The summed E-state index contributed by atoms with van der Waals surface area (Å²) in [5.74, 6) is 0.547. The van der Waals surface area contributed by atoms with Crippen molar-refractivity contribution >= 4 is 40.7 Å². The number of amides is 1. The van der Waals surface area contributed by atoms with Crippen LogP contribution in [0.1, 0.15) is 35.5 Å². The number of carbonyl (C=O) groups is 2. The van der Waals surface area contributed by atoms with Crippen molar-refractivity contribution < 1.29 is 14.7 Å². The van der Waals surface area contributed by atoms with Crippen LogP contribution in [-0.2, 0) is 21.8 Å². The molecule has 5 nitrogen and oxygen atoms in total. The van der Waals surface area contributed by atoms with Gasteiger partial charge in [0, 0.05) is 29.0 Å². The van der Waals surface area contributed by atoms with Crippen LogP contribution in [0.2, 0.25) is 0 Å². The molecule has 25 heavy (non-hydrogen) atoms. The Labute approximate surface area is 155 Å². The van der Waals surface area contributed by atoms with Crippen LogP contribution in [0.5, 0.6) is 0 Å².